The minimum Gasteiger partial charge on any atom is -0.508 e. The predicted octanol–water partition coefficient (Wildman–Crippen LogP) is 3.73. The fraction of sp³-hybridized carbons (Fsp3) is 0.323. The van der Waals surface area contributed by atoms with E-state index in [1.54, 1.807) is 37.3 Å². The number of amides is 3. The van der Waals surface area contributed by atoms with E-state index in [2.05, 4.69) is 10.6 Å². The number of aliphatic hydroxyl groups excluding tert-OH is 1. The lowest BCUT2D eigenvalue weighted by atomic mass is 9.98. The molecule has 4 rings (SSSR count). The molecule has 8 nitrogen and oxygen atoms in total. The smallest absolute Gasteiger partial charge is 0.416 e. The lowest BCUT2D eigenvalue weighted by molar-refractivity contribution is -0.146. The molecule has 1 fully saturated rings. The van der Waals surface area contributed by atoms with E-state index in [9.17, 15) is 37.8 Å². The summed E-state index contributed by atoms with van der Waals surface area (Å²) < 4.78 is 40.1. The molecule has 0 bridgehead atoms. The largest absolute Gasteiger partial charge is 0.508 e. The van der Waals surface area contributed by atoms with Gasteiger partial charge in [0.25, 0.3) is 11.8 Å². The third-order valence-corrected chi connectivity index (χ3v) is 7.41. The van der Waals surface area contributed by atoms with Crippen molar-refractivity contribution in [3.63, 3.8) is 0 Å². The zero-order valence-electron chi connectivity index (χ0n) is 22.9. The van der Waals surface area contributed by atoms with Crippen LogP contribution in [0.5, 0.6) is 5.75 Å². The average molecular weight is 584 g/mol. The van der Waals surface area contributed by atoms with Gasteiger partial charge in [-0.15, -0.1) is 0 Å². The quantitative estimate of drug-likeness (QED) is 0.306. The van der Waals surface area contributed by atoms with Crippen molar-refractivity contribution in [2.75, 3.05) is 6.54 Å². The lowest BCUT2D eigenvalue weighted by Gasteiger charge is -2.30. The molecule has 1 saturated heterocycles. The van der Waals surface area contributed by atoms with Gasteiger partial charge in [0.15, 0.2) is 6.10 Å². The summed E-state index contributed by atoms with van der Waals surface area (Å²) in [5, 5.41) is 26.5. The Bertz CT molecular complexity index is 1430. The number of nitrogens with zero attached hydrogens (tertiary/aromatic N) is 1. The van der Waals surface area contributed by atoms with Crippen LogP contribution in [0, 0.1) is 6.92 Å². The molecule has 0 unspecified atom stereocenters. The number of phenolic OH excluding ortho intramolecular Hbond substituents is 1. The number of rotatable bonds is 9. The number of benzene rings is 3. The first kappa shape index (κ1) is 30.6. The van der Waals surface area contributed by atoms with Crippen LogP contribution in [-0.2, 0) is 28.7 Å². The number of aliphatic hydroxyl groups is 1. The highest BCUT2D eigenvalue weighted by molar-refractivity contribution is 5.97. The van der Waals surface area contributed by atoms with Crippen molar-refractivity contribution >= 4 is 17.7 Å². The Labute approximate surface area is 241 Å². The summed E-state index contributed by atoms with van der Waals surface area (Å²) in [5.74, 6) is -2.10. The van der Waals surface area contributed by atoms with Gasteiger partial charge in [-0.2, -0.15) is 13.2 Å². The number of hydrogen-bond acceptors (Lipinski definition) is 5. The van der Waals surface area contributed by atoms with Crippen LogP contribution in [0.4, 0.5) is 13.2 Å². The Kier molecular flexibility index (Phi) is 9.52. The van der Waals surface area contributed by atoms with Crippen molar-refractivity contribution in [1.29, 1.82) is 0 Å². The van der Waals surface area contributed by atoms with Gasteiger partial charge in [-0.05, 0) is 55.5 Å². The molecule has 1 aliphatic heterocycles. The van der Waals surface area contributed by atoms with Crippen molar-refractivity contribution in [2.24, 2.45) is 0 Å². The molecule has 42 heavy (non-hydrogen) atoms. The van der Waals surface area contributed by atoms with Crippen LogP contribution in [0.3, 0.4) is 0 Å². The number of phenols is 1. The first-order valence-electron chi connectivity index (χ1n) is 13.5. The Morgan fingerprint density at radius 2 is 1.69 bits per heavy atom. The summed E-state index contributed by atoms with van der Waals surface area (Å²) in [6, 6.07) is 16.2. The molecular weight excluding hydrogens is 551 g/mol. The number of nitrogens with one attached hydrogen (secondary N) is 2. The number of carbonyl (C=O) groups is 3. The van der Waals surface area contributed by atoms with Crippen molar-refractivity contribution in [3.05, 3.63) is 101 Å². The fourth-order valence-corrected chi connectivity index (χ4v) is 5.12. The number of carbonyl (C=O) groups excluding carboxylic acids is 3. The summed E-state index contributed by atoms with van der Waals surface area (Å²) in [7, 11) is 0. The van der Waals surface area contributed by atoms with Crippen LogP contribution in [-0.4, -0.2) is 57.6 Å². The van der Waals surface area contributed by atoms with Crippen molar-refractivity contribution in [3.8, 4) is 5.75 Å². The molecular formula is C31H32F3N3O5. The molecule has 3 atom stereocenters. The van der Waals surface area contributed by atoms with Gasteiger partial charge in [0.2, 0.25) is 5.91 Å². The third kappa shape index (κ3) is 7.09. The first-order valence-corrected chi connectivity index (χ1v) is 13.5. The molecule has 3 aromatic carbocycles. The topological polar surface area (TPSA) is 119 Å². The van der Waals surface area contributed by atoms with E-state index < -0.39 is 47.6 Å². The van der Waals surface area contributed by atoms with Gasteiger partial charge in [0, 0.05) is 24.2 Å². The highest BCUT2D eigenvalue weighted by Gasteiger charge is 2.40. The van der Waals surface area contributed by atoms with Gasteiger partial charge in [0.1, 0.15) is 11.8 Å². The fourth-order valence-electron chi connectivity index (χ4n) is 5.12. The van der Waals surface area contributed by atoms with Crippen molar-refractivity contribution in [2.45, 2.75) is 57.1 Å². The zero-order chi connectivity index (χ0) is 30.4. The van der Waals surface area contributed by atoms with Crippen LogP contribution in [0.15, 0.2) is 72.8 Å². The maximum Gasteiger partial charge on any atom is 0.416 e. The molecule has 0 radical (unpaired) electrons. The van der Waals surface area contributed by atoms with Crippen molar-refractivity contribution < 1.29 is 37.8 Å². The Morgan fingerprint density at radius 3 is 2.40 bits per heavy atom. The monoisotopic (exact) mass is 583 g/mol. The first-order chi connectivity index (χ1) is 20.0. The van der Waals surface area contributed by atoms with Gasteiger partial charge in [-0.1, -0.05) is 54.6 Å². The predicted molar refractivity (Wildman–Crippen MR) is 148 cm³/mol. The second-order valence-electron chi connectivity index (χ2n) is 10.2. The van der Waals surface area contributed by atoms with Gasteiger partial charge < -0.3 is 25.7 Å². The minimum atomic E-state index is -4.59. The van der Waals surface area contributed by atoms with E-state index in [0.717, 1.165) is 11.6 Å². The number of likely N-dealkylation sites (tertiary alicyclic amines) is 1. The van der Waals surface area contributed by atoms with Crippen LogP contribution in [0.1, 0.15) is 45.5 Å². The number of aromatic hydroxyl groups is 1. The van der Waals surface area contributed by atoms with Gasteiger partial charge in [-0.3, -0.25) is 14.4 Å². The van der Waals surface area contributed by atoms with E-state index in [4.69, 9.17) is 0 Å². The number of hydrogen-bond donors (Lipinski definition) is 4. The SMILES string of the molecule is Cc1c(O)cccc1C(=O)N[C@@H](Cc1ccccc1)[C@H](O)C(=O)N1CCC[C@H]1C(=O)NCc1ccccc1C(F)(F)F. The van der Waals surface area contributed by atoms with Gasteiger partial charge in [-0.25, -0.2) is 0 Å². The average Bonchev–Trinajstić information content (AvgIpc) is 3.46. The Balaban J connectivity index is 1.50. The molecule has 3 aromatic rings. The maximum atomic E-state index is 13.5. The van der Waals surface area contributed by atoms with E-state index in [-0.39, 0.29) is 42.8 Å². The third-order valence-electron chi connectivity index (χ3n) is 7.41. The van der Waals surface area contributed by atoms with Crippen LogP contribution < -0.4 is 10.6 Å². The summed E-state index contributed by atoms with van der Waals surface area (Å²) in [4.78, 5) is 41.0. The molecule has 1 aliphatic rings. The molecule has 4 N–H and O–H groups in total. The summed E-state index contributed by atoms with van der Waals surface area (Å²) in [6.45, 7) is 1.34. The highest BCUT2D eigenvalue weighted by Crippen LogP contribution is 2.32. The highest BCUT2D eigenvalue weighted by atomic mass is 19.4. The molecule has 1 heterocycles. The molecule has 11 heteroatoms. The molecule has 0 aliphatic carbocycles. The van der Waals surface area contributed by atoms with Gasteiger partial charge >= 0.3 is 6.18 Å². The molecule has 222 valence electrons. The molecule has 3 amide bonds. The minimum absolute atomic E-state index is 0.0809. The normalized spacial score (nSPS) is 16.5. The van der Waals surface area contributed by atoms with Gasteiger partial charge in [0.05, 0.1) is 11.6 Å². The Morgan fingerprint density at radius 1 is 1.00 bits per heavy atom. The van der Waals surface area contributed by atoms with E-state index in [1.807, 2.05) is 0 Å². The lowest BCUT2D eigenvalue weighted by Crippen LogP contribution is -2.55. The Hall–Kier alpha value is -4.38. The van der Waals surface area contributed by atoms with Crippen LogP contribution in [0.2, 0.25) is 0 Å². The maximum absolute atomic E-state index is 13.5. The molecule has 0 spiro atoms. The molecule has 0 saturated carbocycles. The summed E-state index contributed by atoms with van der Waals surface area (Å²) in [6.07, 6.45) is -5.50. The van der Waals surface area contributed by atoms with Crippen LogP contribution >= 0.6 is 0 Å². The van der Waals surface area contributed by atoms with E-state index in [0.29, 0.717) is 12.0 Å². The zero-order valence-corrected chi connectivity index (χ0v) is 22.9. The van der Waals surface area contributed by atoms with Crippen molar-refractivity contribution in [1.82, 2.24) is 15.5 Å². The standard InChI is InChI=1S/C31H32F3N3O5/c1-19-22(12-7-15-26(19)38)28(40)36-24(17-20-9-3-2-4-10-20)27(39)30(42)37-16-8-14-25(37)29(41)35-18-21-11-5-6-13-23(21)31(32,33)34/h2-7,9-13,15,24-25,27,38-39H,8,14,16-18H2,1H3,(H,35,41)(H,36,40)/t24-,25-,27-/m0/s1. The summed E-state index contributed by atoms with van der Waals surface area (Å²) in [5.41, 5.74) is 0.271. The molecule has 0 aromatic heterocycles. The number of alkyl halides is 3. The number of halogens is 3. The summed E-state index contributed by atoms with van der Waals surface area (Å²) >= 11 is 0. The second kappa shape index (κ2) is 13.1. The second-order valence-corrected chi connectivity index (χ2v) is 10.2. The van der Waals surface area contributed by atoms with Crippen LogP contribution in [0.25, 0.3) is 0 Å². The van der Waals surface area contributed by atoms with E-state index in [1.165, 1.54) is 41.3 Å². The van der Waals surface area contributed by atoms with E-state index >= 15 is 0 Å².